The first-order valence-corrected chi connectivity index (χ1v) is 4.30. The summed E-state index contributed by atoms with van der Waals surface area (Å²) in [6, 6.07) is 0. The monoisotopic (exact) mass is 237 g/mol. The zero-order valence-electron chi connectivity index (χ0n) is 9.23. The van der Waals surface area contributed by atoms with Crippen LogP contribution in [0.15, 0.2) is 0 Å². The number of aliphatic hydroxyl groups is 1. The van der Waals surface area contributed by atoms with Crippen LogP contribution >= 0.6 is 0 Å². The van der Waals surface area contributed by atoms with Gasteiger partial charge >= 0.3 is 58.4 Å². The molecule has 0 aliphatic carbocycles. The van der Waals surface area contributed by atoms with Gasteiger partial charge < -0.3 is 23.0 Å². The molecule has 0 aliphatic rings. The first-order chi connectivity index (χ1) is 5.64. The van der Waals surface area contributed by atoms with Crippen molar-refractivity contribution in [3.63, 3.8) is 0 Å². The summed E-state index contributed by atoms with van der Waals surface area (Å²) in [6.45, 7) is 0.195. The molecule has 0 bridgehead atoms. The van der Waals surface area contributed by atoms with E-state index >= 15 is 0 Å². The summed E-state index contributed by atoms with van der Waals surface area (Å²) in [5, 5.41) is 9.31. The molecule has 0 spiro atoms. The van der Waals surface area contributed by atoms with E-state index in [9.17, 15) is 18.1 Å². The molecule has 0 atom stereocenters. The van der Waals surface area contributed by atoms with E-state index in [-0.39, 0.29) is 57.9 Å². The first kappa shape index (κ1) is 17.8. The molecular formula is C7H16BF3KNO. The maximum atomic E-state index is 12.0. The van der Waals surface area contributed by atoms with Crippen molar-refractivity contribution in [2.75, 3.05) is 19.5 Å². The van der Waals surface area contributed by atoms with Gasteiger partial charge in [-0.25, -0.2) is 0 Å². The summed E-state index contributed by atoms with van der Waals surface area (Å²) in [5.74, 6) is 0. The van der Waals surface area contributed by atoms with Gasteiger partial charge in [-0.2, -0.15) is 0 Å². The standard InChI is InChI=1S/C7H16BF3NO.K/c1-4-12(5-7(2,3)13)6-8(9,10)11;/h13H,4-6H2,1-3H3;/q-1;+1. The fourth-order valence-corrected chi connectivity index (χ4v) is 1.15. The second-order valence-electron chi connectivity index (χ2n) is 3.85. The Morgan fingerprint density at radius 2 is 1.71 bits per heavy atom. The van der Waals surface area contributed by atoms with Gasteiger partial charge in [0, 0.05) is 6.54 Å². The third-order valence-corrected chi connectivity index (χ3v) is 1.52. The van der Waals surface area contributed by atoms with Crippen LogP contribution in [0.4, 0.5) is 12.9 Å². The third-order valence-electron chi connectivity index (χ3n) is 1.52. The van der Waals surface area contributed by atoms with Gasteiger partial charge in [-0.15, -0.1) is 0 Å². The Labute approximate surface area is 126 Å². The van der Waals surface area contributed by atoms with Gasteiger partial charge in [0.2, 0.25) is 0 Å². The average Bonchev–Trinajstić information content (AvgIpc) is 1.79. The molecule has 0 aromatic heterocycles. The smallest absolute Gasteiger partial charge is 0.448 e. The van der Waals surface area contributed by atoms with Crippen LogP contribution in [0.1, 0.15) is 20.8 Å². The normalized spacial score (nSPS) is 12.9. The van der Waals surface area contributed by atoms with Crippen molar-refractivity contribution in [2.45, 2.75) is 26.4 Å². The molecule has 0 aliphatic heterocycles. The van der Waals surface area contributed by atoms with Crippen molar-refractivity contribution >= 4 is 6.98 Å². The zero-order valence-corrected chi connectivity index (χ0v) is 12.4. The summed E-state index contributed by atoms with van der Waals surface area (Å²) in [4.78, 5) is 1.19. The summed E-state index contributed by atoms with van der Waals surface area (Å²) in [5.41, 5.74) is -1.07. The minimum absolute atomic E-state index is 0. The Balaban J connectivity index is 0. The number of hydrogen-bond acceptors (Lipinski definition) is 2. The molecule has 0 fully saturated rings. The fourth-order valence-electron chi connectivity index (χ4n) is 1.15. The average molecular weight is 237 g/mol. The fraction of sp³-hybridized carbons (Fsp3) is 1.00. The Morgan fingerprint density at radius 1 is 1.29 bits per heavy atom. The number of rotatable bonds is 5. The van der Waals surface area contributed by atoms with Gasteiger partial charge in [-0.05, 0) is 26.8 Å². The topological polar surface area (TPSA) is 23.5 Å². The second kappa shape index (κ2) is 6.88. The molecule has 0 saturated carbocycles. The second-order valence-corrected chi connectivity index (χ2v) is 3.85. The van der Waals surface area contributed by atoms with Gasteiger partial charge in [0.1, 0.15) is 0 Å². The molecular weight excluding hydrogens is 221 g/mol. The maximum Gasteiger partial charge on any atom is 1.00 e. The van der Waals surface area contributed by atoms with Crippen molar-refractivity contribution in [1.29, 1.82) is 0 Å². The third kappa shape index (κ3) is 11.5. The van der Waals surface area contributed by atoms with Crippen LogP contribution in [0.5, 0.6) is 0 Å². The molecule has 0 aromatic carbocycles. The summed E-state index contributed by atoms with van der Waals surface area (Å²) in [6.07, 6.45) is -0.902. The van der Waals surface area contributed by atoms with Crippen molar-refractivity contribution in [3.05, 3.63) is 0 Å². The van der Waals surface area contributed by atoms with Crippen molar-refractivity contribution in [3.8, 4) is 0 Å². The predicted octanol–water partition coefficient (Wildman–Crippen LogP) is -1.53. The van der Waals surface area contributed by atoms with Crippen LogP contribution in [-0.2, 0) is 0 Å². The van der Waals surface area contributed by atoms with Gasteiger partial charge in [0.15, 0.2) is 0 Å². The van der Waals surface area contributed by atoms with E-state index in [4.69, 9.17) is 0 Å². The van der Waals surface area contributed by atoms with E-state index in [1.807, 2.05) is 0 Å². The Morgan fingerprint density at radius 3 is 1.93 bits per heavy atom. The van der Waals surface area contributed by atoms with E-state index in [2.05, 4.69) is 0 Å². The molecule has 14 heavy (non-hydrogen) atoms. The molecule has 0 aromatic rings. The molecule has 1 N–H and O–H groups in total. The summed E-state index contributed by atoms with van der Waals surface area (Å²) in [7, 11) is 0. The molecule has 0 unspecified atom stereocenters. The predicted molar refractivity (Wildman–Crippen MR) is 47.5 cm³/mol. The molecule has 0 amide bonds. The van der Waals surface area contributed by atoms with E-state index < -0.39 is 19.0 Å². The number of halogens is 3. The summed E-state index contributed by atoms with van der Waals surface area (Å²) >= 11 is 0. The van der Waals surface area contributed by atoms with Gasteiger partial charge in [-0.1, -0.05) is 6.92 Å². The Hall–Kier alpha value is 1.41. The molecule has 7 heteroatoms. The van der Waals surface area contributed by atoms with Crippen LogP contribution < -0.4 is 51.4 Å². The number of likely N-dealkylation sites (N-methyl/N-ethyl adjacent to an activating group) is 1. The minimum Gasteiger partial charge on any atom is -0.448 e. The van der Waals surface area contributed by atoms with Crippen LogP contribution in [0.2, 0.25) is 0 Å². The minimum atomic E-state index is -4.79. The largest absolute Gasteiger partial charge is 1.00 e. The van der Waals surface area contributed by atoms with Crippen molar-refractivity contribution in [2.24, 2.45) is 0 Å². The molecule has 80 valence electrons. The molecule has 0 radical (unpaired) electrons. The van der Waals surface area contributed by atoms with Crippen LogP contribution in [0.3, 0.4) is 0 Å². The van der Waals surface area contributed by atoms with E-state index in [0.717, 1.165) is 0 Å². The number of nitrogens with zero attached hydrogens (tertiary/aromatic N) is 1. The SMILES string of the molecule is CCN(C[B-](F)(F)F)CC(C)(C)O.[K+]. The van der Waals surface area contributed by atoms with Gasteiger partial charge in [-0.3, -0.25) is 0 Å². The van der Waals surface area contributed by atoms with E-state index in [1.165, 1.54) is 18.7 Å². The van der Waals surface area contributed by atoms with Crippen LogP contribution in [0, 0.1) is 0 Å². The quantitative estimate of drug-likeness (QED) is 0.586. The molecule has 0 rings (SSSR count). The molecule has 2 nitrogen and oxygen atoms in total. The Bertz CT molecular complexity index is 144. The van der Waals surface area contributed by atoms with Gasteiger partial charge in [0.05, 0.1) is 5.60 Å². The zero-order chi connectivity index (χ0) is 10.7. The molecule has 0 saturated heterocycles. The van der Waals surface area contributed by atoms with Gasteiger partial charge in [0.25, 0.3) is 0 Å². The summed E-state index contributed by atoms with van der Waals surface area (Å²) < 4.78 is 36.0. The van der Waals surface area contributed by atoms with Crippen molar-refractivity contribution in [1.82, 2.24) is 4.90 Å². The van der Waals surface area contributed by atoms with Crippen LogP contribution in [0.25, 0.3) is 0 Å². The van der Waals surface area contributed by atoms with E-state index in [0.29, 0.717) is 6.54 Å². The number of hydrogen-bond donors (Lipinski definition) is 1. The Kier molecular flexibility index (Phi) is 8.74. The van der Waals surface area contributed by atoms with Crippen molar-refractivity contribution < 1.29 is 69.4 Å². The van der Waals surface area contributed by atoms with E-state index in [1.54, 1.807) is 6.92 Å². The first-order valence-electron chi connectivity index (χ1n) is 4.30. The molecule has 0 heterocycles. The maximum absolute atomic E-state index is 12.0. The van der Waals surface area contributed by atoms with Crippen LogP contribution in [-0.4, -0.2) is 42.1 Å².